The minimum absolute atomic E-state index is 0.0177. The smallest absolute Gasteiger partial charge is 0.238 e. The topological polar surface area (TPSA) is 41.1 Å². The maximum absolute atomic E-state index is 13.3. The summed E-state index contributed by atoms with van der Waals surface area (Å²) in [6.45, 7) is 5.58. The standard InChI is InChI=1S/C18H19ClF2N2O/c1-10-6-11(2)18(14(19)7-10)23-17(24)9-22-12(3)13-4-5-15(20)16(21)8-13/h4-8,12,22H,9H2,1-3H3,(H,23,24)/t12-/m0/s1. The Morgan fingerprint density at radius 1 is 1.17 bits per heavy atom. The zero-order chi connectivity index (χ0) is 17.9. The third-order valence-electron chi connectivity index (χ3n) is 3.71. The zero-order valence-corrected chi connectivity index (χ0v) is 14.5. The number of hydrogen-bond acceptors (Lipinski definition) is 2. The average molecular weight is 353 g/mol. The van der Waals surface area contributed by atoms with Crippen molar-refractivity contribution in [3.8, 4) is 0 Å². The predicted octanol–water partition coefficient (Wildman–Crippen LogP) is 4.52. The van der Waals surface area contributed by atoms with Gasteiger partial charge in [0, 0.05) is 6.04 Å². The number of aryl methyl sites for hydroxylation is 2. The summed E-state index contributed by atoms with van der Waals surface area (Å²) < 4.78 is 26.2. The number of hydrogen-bond donors (Lipinski definition) is 2. The van der Waals surface area contributed by atoms with E-state index >= 15 is 0 Å². The van der Waals surface area contributed by atoms with Crippen molar-refractivity contribution in [2.24, 2.45) is 0 Å². The highest BCUT2D eigenvalue weighted by Gasteiger charge is 2.13. The Morgan fingerprint density at radius 2 is 1.88 bits per heavy atom. The molecule has 0 heterocycles. The highest BCUT2D eigenvalue weighted by Crippen LogP contribution is 2.27. The second kappa shape index (κ2) is 7.73. The van der Waals surface area contributed by atoms with Gasteiger partial charge in [0.1, 0.15) is 0 Å². The first-order chi connectivity index (χ1) is 11.3. The van der Waals surface area contributed by atoms with Gasteiger partial charge in [-0.25, -0.2) is 8.78 Å². The Labute approximate surface area is 145 Å². The number of nitrogens with one attached hydrogen (secondary N) is 2. The van der Waals surface area contributed by atoms with Crippen molar-refractivity contribution >= 4 is 23.2 Å². The Morgan fingerprint density at radius 3 is 2.50 bits per heavy atom. The molecule has 0 saturated heterocycles. The van der Waals surface area contributed by atoms with Gasteiger partial charge in [0.2, 0.25) is 5.91 Å². The van der Waals surface area contributed by atoms with E-state index in [0.717, 1.165) is 23.3 Å². The van der Waals surface area contributed by atoms with Gasteiger partial charge in [-0.1, -0.05) is 23.7 Å². The van der Waals surface area contributed by atoms with Crippen molar-refractivity contribution in [3.05, 3.63) is 63.7 Å². The molecule has 128 valence electrons. The monoisotopic (exact) mass is 352 g/mol. The van der Waals surface area contributed by atoms with Crippen molar-refractivity contribution in [1.82, 2.24) is 5.32 Å². The van der Waals surface area contributed by atoms with Crippen molar-refractivity contribution in [3.63, 3.8) is 0 Å². The van der Waals surface area contributed by atoms with Gasteiger partial charge in [-0.15, -0.1) is 0 Å². The van der Waals surface area contributed by atoms with Crippen LogP contribution in [-0.4, -0.2) is 12.5 Å². The molecular weight excluding hydrogens is 334 g/mol. The number of halogens is 3. The lowest BCUT2D eigenvalue weighted by Gasteiger charge is -2.16. The molecule has 1 amide bonds. The molecule has 2 aromatic rings. The Kier molecular flexibility index (Phi) is 5.91. The van der Waals surface area contributed by atoms with E-state index in [9.17, 15) is 13.6 Å². The summed E-state index contributed by atoms with van der Waals surface area (Å²) in [7, 11) is 0. The SMILES string of the molecule is Cc1cc(C)c(NC(=O)CN[C@@H](C)c2ccc(F)c(F)c2)c(Cl)c1. The normalized spacial score (nSPS) is 12.1. The number of carbonyl (C=O) groups excluding carboxylic acids is 1. The summed E-state index contributed by atoms with van der Waals surface area (Å²) in [6.07, 6.45) is 0. The van der Waals surface area contributed by atoms with E-state index in [4.69, 9.17) is 11.6 Å². The van der Waals surface area contributed by atoms with Gasteiger partial charge in [-0.2, -0.15) is 0 Å². The fraction of sp³-hybridized carbons (Fsp3) is 0.278. The number of carbonyl (C=O) groups is 1. The second-order valence-corrected chi connectivity index (χ2v) is 6.17. The Balaban J connectivity index is 1.97. The molecule has 1 atom stereocenters. The molecule has 24 heavy (non-hydrogen) atoms. The quantitative estimate of drug-likeness (QED) is 0.830. The highest BCUT2D eigenvalue weighted by molar-refractivity contribution is 6.34. The van der Waals surface area contributed by atoms with Crippen LogP contribution in [0.4, 0.5) is 14.5 Å². The molecule has 0 saturated carbocycles. The Hall–Kier alpha value is -1.98. The number of rotatable bonds is 5. The van der Waals surface area contributed by atoms with Crippen LogP contribution in [0.5, 0.6) is 0 Å². The van der Waals surface area contributed by atoms with Crippen molar-refractivity contribution in [1.29, 1.82) is 0 Å². The summed E-state index contributed by atoms with van der Waals surface area (Å²) >= 11 is 6.16. The summed E-state index contributed by atoms with van der Waals surface area (Å²) in [5, 5.41) is 6.22. The maximum Gasteiger partial charge on any atom is 0.238 e. The number of benzene rings is 2. The van der Waals surface area contributed by atoms with Gasteiger partial charge in [0.05, 0.1) is 17.3 Å². The van der Waals surface area contributed by atoms with Crippen molar-refractivity contribution < 1.29 is 13.6 Å². The van der Waals surface area contributed by atoms with E-state index in [2.05, 4.69) is 10.6 Å². The van der Waals surface area contributed by atoms with Gasteiger partial charge >= 0.3 is 0 Å². The molecule has 2 rings (SSSR count). The van der Waals surface area contributed by atoms with Crippen LogP contribution in [0.15, 0.2) is 30.3 Å². The van der Waals surface area contributed by atoms with E-state index in [1.165, 1.54) is 6.07 Å². The summed E-state index contributed by atoms with van der Waals surface area (Å²) in [4.78, 5) is 12.1. The molecule has 6 heteroatoms. The number of amides is 1. The van der Waals surface area contributed by atoms with Gasteiger partial charge in [-0.05, 0) is 55.7 Å². The van der Waals surface area contributed by atoms with E-state index in [1.54, 1.807) is 13.0 Å². The van der Waals surface area contributed by atoms with Crippen molar-refractivity contribution in [2.75, 3.05) is 11.9 Å². The molecule has 0 bridgehead atoms. The van der Waals surface area contributed by atoms with Crippen LogP contribution in [0.2, 0.25) is 5.02 Å². The average Bonchev–Trinajstić information content (AvgIpc) is 2.51. The molecule has 2 N–H and O–H groups in total. The minimum Gasteiger partial charge on any atom is -0.323 e. The molecule has 0 aromatic heterocycles. The molecule has 0 aliphatic rings. The van der Waals surface area contributed by atoms with Gasteiger partial charge in [-0.3, -0.25) is 4.79 Å². The largest absolute Gasteiger partial charge is 0.323 e. The first kappa shape index (κ1) is 18.4. The van der Waals surface area contributed by atoms with Crippen LogP contribution < -0.4 is 10.6 Å². The minimum atomic E-state index is -0.910. The van der Waals surface area contributed by atoms with Crippen molar-refractivity contribution in [2.45, 2.75) is 26.8 Å². The Bertz CT molecular complexity index is 742. The summed E-state index contributed by atoms with van der Waals surface area (Å²) in [5.41, 5.74) is 3.03. The molecule has 0 fully saturated rings. The van der Waals surface area contributed by atoms with Crippen LogP contribution in [0, 0.1) is 25.5 Å². The first-order valence-corrected chi connectivity index (χ1v) is 7.90. The van der Waals surface area contributed by atoms with Crippen LogP contribution in [0.25, 0.3) is 0 Å². The van der Waals surface area contributed by atoms with Gasteiger partial charge in [0.25, 0.3) is 0 Å². The van der Waals surface area contributed by atoms with E-state index in [-0.39, 0.29) is 18.5 Å². The fourth-order valence-electron chi connectivity index (χ4n) is 2.40. The molecule has 0 aliphatic carbocycles. The fourth-order valence-corrected chi connectivity index (χ4v) is 2.77. The molecule has 0 spiro atoms. The number of anilines is 1. The third kappa shape index (κ3) is 4.52. The zero-order valence-electron chi connectivity index (χ0n) is 13.7. The van der Waals surface area contributed by atoms with Crippen LogP contribution in [0.1, 0.15) is 29.7 Å². The summed E-state index contributed by atoms with van der Waals surface area (Å²) in [5.74, 6) is -2.07. The summed E-state index contributed by atoms with van der Waals surface area (Å²) in [6, 6.07) is 7.07. The van der Waals surface area contributed by atoms with Crippen LogP contribution in [0.3, 0.4) is 0 Å². The lowest BCUT2D eigenvalue weighted by molar-refractivity contribution is -0.115. The third-order valence-corrected chi connectivity index (χ3v) is 4.01. The molecule has 0 aliphatic heterocycles. The molecular formula is C18H19ClF2N2O. The lowest BCUT2D eigenvalue weighted by atomic mass is 10.1. The van der Waals surface area contributed by atoms with Crippen LogP contribution in [-0.2, 0) is 4.79 Å². The molecule has 0 radical (unpaired) electrons. The highest BCUT2D eigenvalue weighted by atomic mass is 35.5. The van der Waals surface area contributed by atoms with Gasteiger partial charge < -0.3 is 10.6 Å². The van der Waals surface area contributed by atoms with Crippen LogP contribution >= 0.6 is 11.6 Å². The van der Waals surface area contributed by atoms with Gasteiger partial charge in [0.15, 0.2) is 11.6 Å². The first-order valence-electron chi connectivity index (χ1n) is 7.53. The molecule has 3 nitrogen and oxygen atoms in total. The van der Waals surface area contributed by atoms with E-state index in [1.807, 2.05) is 19.9 Å². The van der Waals surface area contributed by atoms with E-state index in [0.29, 0.717) is 16.3 Å². The molecule has 2 aromatic carbocycles. The lowest BCUT2D eigenvalue weighted by Crippen LogP contribution is -2.30. The predicted molar refractivity (Wildman–Crippen MR) is 92.3 cm³/mol. The second-order valence-electron chi connectivity index (χ2n) is 5.76. The molecule has 0 unspecified atom stereocenters. The maximum atomic E-state index is 13.3. The van der Waals surface area contributed by atoms with E-state index < -0.39 is 11.6 Å².